The average Bonchev–Trinajstić information content (AvgIpc) is 2.23. The second-order valence-electron chi connectivity index (χ2n) is 2.92. The highest BCUT2D eigenvalue weighted by Crippen LogP contribution is 2.25. The quantitative estimate of drug-likeness (QED) is 0.716. The number of aliphatic hydroxyl groups is 1. The maximum Gasteiger partial charge on any atom is 0.160 e. The van der Waals surface area contributed by atoms with Crippen LogP contribution < -0.4 is 4.74 Å². The van der Waals surface area contributed by atoms with Gasteiger partial charge < -0.3 is 14.9 Å². The zero-order valence-electron chi connectivity index (χ0n) is 8.68. The van der Waals surface area contributed by atoms with Gasteiger partial charge in [-0.25, -0.2) is 0 Å². The summed E-state index contributed by atoms with van der Waals surface area (Å²) in [5.74, 6) is 0.571. The lowest BCUT2D eigenvalue weighted by Crippen LogP contribution is -1.93. The Balaban J connectivity index is 2.73. The molecule has 15 heavy (non-hydrogen) atoms. The van der Waals surface area contributed by atoms with Crippen LogP contribution in [0.5, 0.6) is 11.5 Å². The number of hydrogen-bond donors (Lipinski definition) is 2. The first-order valence-electron chi connectivity index (χ1n) is 4.84. The summed E-state index contributed by atoms with van der Waals surface area (Å²) in [6, 6.07) is 5.07. The number of hydrogen-bond acceptors (Lipinski definition) is 4. The van der Waals surface area contributed by atoms with E-state index in [1.807, 2.05) is 6.92 Å². The molecule has 0 atom stereocenters. The molecular weight excluding hydrogens is 194 g/mol. The zero-order valence-corrected chi connectivity index (χ0v) is 8.68. The number of ether oxygens (including phenoxy) is 1. The third-order valence-corrected chi connectivity index (χ3v) is 1.75. The van der Waals surface area contributed by atoms with Crippen LogP contribution in [0.25, 0.3) is 0 Å². The molecule has 1 aromatic rings. The number of nitrogens with zero attached hydrogens (tertiary/aromatic N) is 1. The summed E-state index contributed by atoms with van der Waals surface area (Å²) in [6.45, 7) is 2.77. The van der Waals surface area contributed by atoms with Gasteiger partial charge in [0, 0.05) is 6.21 Å². The fourth-order valence-corrected chi connectivity index (χ4v) is 1.12. The van der Waals surface area contributed by atoms with E-state index in [-0.39, 0.29) is 12.4 Å². The normalized spacial score (nSPS) is 10.8. The fourth-order valence-electron chi connectivity index (χ4n) is 1.12. The highest BCUT2D eigenvalue weighted by atomic mass is 16.5. The van der Waals surface area contributed by atoms with Crippen LogP contribution in [0.4, 0.5) is 0 Å². The zero-order chi connectivity index (χ0) is 11.1. The maximum atomic E-state index is 9.54. The van der Waals surface area contributed by atoms with Crippen LogP contribution in [0, 0.1) is 0 Å². The molecule has 82 valence electrons. The van der Waals surface area contributed by atoms with Gasteiger partial charge in [0.05, 0.1) is 19.8 Å². The van der Waals surface area contributed by atoms with Gasteiger partial charge in [0.2, 0.25) is 0 Å². The number of rotatable bonds is 5. The highest BCUT2D eigenvalue weighted by molar-refractivity contribution is 5.80. The standard InChI is InChI=1S/C11H15NO3/c1-2-15-11-4-3-9(7-10(11)14)8-12-5-6-13/h3-4,7-8,13-14H,2,5-6H2,1H3. The molecule has 0 radical (unpaired) electrons. The molecule has 0 spiro atoms. The topological polar surface area (TPSA) is 62.0 Å². The second-order valence-corrected chi connectivity index (χ2v) is 2.92. The second kappa shape index (κ2) is 6.03. The summed E-state index contributed by atoms with van der Waals surface area (Å²) in [5, 5.41) is 18.1. The SMILES string of the molecule is CCOc1ccc(C=NCCO)cc1O. The van der Waals surface area contributed by atoms with Gasteiger partial charge in [-0.05, 0) is 30.7 Å². The van der Waals surface area contributed by atoms with Crippen LogP contribution >= 0.6 is 0 Å². The summed E-state index contributed by atoms with van der Waals surface area (Å²) in [6.07, 6.45) is 1.60. The lowest BCUT2D eigenvalue weighted by molar-refractivity contribution is 0.307. The molecule has 0 aliphatic rings. The van der Waals surface area contributed by atoms with E-state index in [0.717, 1.165) is 5.56 Å². The van der Waals surface area contributed by atoms with E-state index >= 15 is 0 Å². The molecule has 0 saturated carbocycles. The van der Waals surface area contributed by atoms with Crippen LogP contribution in [0.2, 0.25) is 0 Å². The number of aliphatic hydroxyl groups excluding tert-OH is 1. The lowest BCUT2D eigenvalue weighted by Gasteiger charge is -2.05. The summed E-state index contributed by atoms with van der Waals surface area (Å²) >= 11 is 0. The number of aliphatic imine (C=N–C) groups is 1. The van der Waals surface area contributed by atoms with Gasteiger partial charge in [0.15, 0.2) is 11.5 Å². The van der Waals surface area contributed by atoms with E-state index in [2.05, 4.69) is 4.99 Å². The molecule has 4 nitrogen and oxygen atoms in total. The van der Waals surface area contributed by atoms with Gasteiger partial charge in [-0.1, -0.05) is 0 Å². The summed E-state index contributed by atoms with van der Waals surface area (Å²) in [4.78, 5) is 3.95. The minimum atomic E-state index is 0.0273. The number of benzene rings is 1. The van der Waals surface area contributed by atoms with Crippen LogP contribution in [0.15, 0.2) is 23.2 Å². The van der Waals surface area contributed by atoms with Gasteiger partial charge in [0.25, 0.3) is 0 Å². The molecule has 2 N–H and O–H groups in total. The van der Waals surface area contributed by atoms with Gasteiger partial charge in [-0.15, -0.1) is 0 Å². The van der Waals surface area contributed by atoms with Crippen molar-refractivity contribution in [1.29, 1.82) is 0 Å². The van der Waals surface area contributed by atoms with Crippen molar-refractivity contribution in [3.63, 3.8) is 0 Å². The summed E-state index contributed by atoms with van der Waals surface area (Å²) in [7, 11) is 0. The first-order valence-corrected chi connectivity index (χ1v) is 4.84. The average molecular weight is 209 g/mol. The van der Waals surface area contributed by atoms with Crippen molar-refractivity contribution in [2.75, 3.05) is 19.8 Å². The van der Waals surface area contributed by atoms with Crippen LogP contribution in [0.1, 0.15) is 12.5 Å². The Morgan fingerprint density at radius 2 is 2.27 bits per heavy atom. The molecule has 1 aromatic carbocycles. The molecule has 1 rings (SSSR count). The van der Waals surface area contributed by atoms with Crippen molar-refractivity contribution in [2.45, 2.75) is 6.92 Å². The van der Waals surface area contributed by atoms with Crippen molar-refractivity contribution in [2.24, 2.45) is 4.99 Å². The minimum absolute atomic E-state index is 0.0273. The van der Waals surface area contributed by atoms with E-state index in [9.17, 15) is 5.11 Å². The number of aromatic hydroxyl groups is 1. The van der Waals surface area contributed by atoms with E-state index in [4.69, 9.17) is 9.84 Å². The van der Waals surface area contributed by atoms with Crippen molar-refractivity contribution in [1.82, 2.24) is 0 Å². The molecule has 0 unspecified atom stereocenters. The van der Waals surface area contributed by atoms with E-state index in [1.54, 1.807) is 24.4 Å². The smallest absolute Gasteiger partial charge is 0.160 e. The van der Waals surface area contributed by atoms with Gasteiger partial charge in [-0.3, -0.25) is 4.99 Å². The van der Waals surface area contributed by atoms with Gasteiger partial charge >= 0.3 is 0 Å². The minimum Gasteiger partial charge on any atom is -0.504 e. The fraction of sp³-hybridized carbons (Fsp3) is 0.364. The summed E-state index contributed by atoms with van der Waals surface area (Å²) in [5.41, 5.74) is 0.782. The van der Waals surface area contributed by atoms with Crippen molar-refractivity contribution < 1.29 is 14.9 Å². The van der Waals surface area contributed by atoms with Gasteiger partial charge in [0.1, 0.15) is 0 Å². The van der Waals surface area contributed by atoms with Crippen molar-refractivity contribution >= 4 is 6.21 Å². The monoisotopic (exact) mass is 209 g/mol. The predicted molar refractivity (Wildman–Crippen MR) is 58.8 cm³/mol. The predicted octanol–water partition coefficient (Wildman–Crippen LogP) is 1.20. The first kappa shape index (κ1) is 11.5. The lowest BCUT2D eigenvalue weighted by atomic mass is 10.2. The molecule has 0 fully saturated rings. The Morgan fingerprint density at radius 3 is 2.87 bits per heavy atom. The van der Waals surface area contributed by atoms with E-state index < -0.39 is 0 Å². The Hall–Kier alpha value is -1.55. The molecule has 0 aliphatic carbocycles. The third-order valence-electron chi connectivity index (χ3n) is 1.75. The first-order chi connectivity index (χ1) is 7.27. The molecular formula is C11H15NO3. The third kappa shape index (κ3) is 3.59. The molecule has 0 bridgehead atoms. The number of phenolic OH excluding ortho intramolecular Hbond substituents is 1. The van der Waals surface area contributed by atoms with Crippen LogP contribution in [-0.2, 0) is 0 Å². The van der Waals surface area contributed by atoms with Crippen LogP contribution in [0.3, 0.4) is 0 Å². The molecule has 0 aromatic heterocycles. The summed E-state index contributed by atoms with van der Waals surface area (Å²) < 4.78 is 5.18. The Kier molecular flexibility index (Phi) is 4.63. The van der Waals surface area contributed by atoms with Crippen LogP contribution in [-0.4, -0.2) is 36.2 Å². The molecule has 4 heteroatoms. The van der Waals surface area contributed by atoms with Gasteiger partial charge in [-0.2, -0.15) is 0 Å². The van der Waals surface area contributed by atoms with E-state index in [0.29, 0.717) is 18.9 Å². The highest BCUT2D eigenvalue weighted by Gasteiger charge is 2.01. The maximum absolute atomic E-state index is 9.54. The Bertz CT molecular complexity index is 337. The number of phenols is 1. The van der Waals surface area contributed by atoms with Crippen molar-refractivity contribution in [3.05, 3.63) is 23.8 Å². The molecule has 0 aliphatic heterocycles. The van der Waals surface area contributed by atoms with Crippen molar-refractivity contribution in [3.8, 4) is 11.5 Å². The molecule has 0 saturated heterocycles. The Morgan fingerprint density at radius 1 is 1.47 bits per heavy atom. The Labute approximate surface area is 88.9 Å². The van der Waals surface area contributed by atoms with E-state index in [1.165, 1.54) is 0 Å². The molecule has 0 heterocycles. The largest absolute Gasteiger partial charge is 0.504 e. The molecule has 0 amide bonds.